The van der Waals surface area contributed by atoms with Gasteiger partial charge in [0, 0.05) is 22.9 Å². The summed E-state index contributed by atoms with van der Waals surface area (Å²) in [6, 6.07) is 4.22. The van der Waals surface area contributed by atoms with Crippen molar-refractivity contribution in [3.63, 3.8) is 0 Å². The van der Waals surface area contributed by atoms with E-state index in [1.165, 1.54) is 31.4 Å². The Bertz CT molecular complexity index is 337. The van der Waals surface area contributed by atoms with Crippen LogP contribution < -0.4 is 5.32 Å². The molecular weight excluding hydrogens is 288 g/mol. The third-order valence-corrected chi connectivity index (χ3v) is 4.18. The summed E-state index contributed by atoms with van der Waals surface area (Å²) in [5.74, 6) is 0. The fourth-order valence-electron chi connectivity index (χ4n) is 2.49. The quantitative estimate of drug-likeness (QED) is 0.778. The topological polar surface area (TPSA) is 24.9 Å². The van der Waals surface area contributed by atoms with E-state index in [4.69, 9.17) is 0 Å². The fraction of sp³-hybridized carbons (Fsp3) is 0.667. The van der Waals surface area contributed by atoms with Crippen LogP contribution in [0.25, 0.3) is 0 Å². The highest BCUT2D eigenvalue weighted by Gasteiger charge is 2.27. The maximum Gasteiger partial charge on any atom is 0.0413 e. The highest BCUT2D eigenvalue weighted by atomic mass is 79.9. The van der Waals surface area contributed by atoms with Gasteiger partial charge in [-0.05, 0) is 59.8 Å². The standard InChI is InChI=1S/C15H25BrN2/c1-4-6-9-15(5-2,12-17-3)10-14-8-7-13(16)11-18-14/h7-8,11,17H,4-6,9-10,12H2,1-3H3. The minimum atomic E-state index is 0.353. The summed E-state index contributed by atoms with van der Waals surface area (Å²) in [7, 11) is 2.05. The minimum Gasteiger partial charge on any atom is -0.319 e. The number of pyridine rings is 1. The normalized spacial score (nSPS) is 14.4. The summed E-state index contributed by atoms with van der Waals surface area (Å²) in [4.78, 5) is 4.53. The van der Waals surface area contributed by atoms with E-state index in [0.717, 1.165) is 17.4 Å². The number of hydrogen-bond donors (Lipinski definition) is 1. The summed E-state index contributed by atoms with van der Waals surface area (Å²) in [5, 5.41) is 3.36. The molecule has 1 N–H and O–H groups in total. The molecule has 0 saturated carbocycles. The number of nitrogens with one attached hydrogen (secondary N) is 1. The molecule has 3 heteroatoms. The Morgan fingerprint density at radius 2 is 2.11 bits per heavy atom. The van der Waals surface area contributed by atoms with Crippen LogP contribution in [0.4, 0.5) is 0 Å². The number of rotatable bonds is 8. The first kappa shape index (κ1) is 15.6. The second kappa shape index (κ2) is 7.90. The Balaban J connectivity index is 2.78. The van der Waals surface area contributed by atoms with Crippen molar-refractivity contribution >= 4 is 15.9 Å². The van der Waals surface area contributed by atoms with E-state index in [2.05, 4.69) is 52.2 Å². The van der Waals surface area contributed by atoms with Gasteiger partial charge in [-0.3, -0.25) is 4.98 Å². The van der Waals surface area contributed by atoms with Crippen LogP contribution in [0.15, 0.2) is 22.8 Å². The second-order valence-corrected chi connectivity index (χ2v) is 6.05. The summed E-state index contributed by atoms with van der Waals surface area (Å²) in [6.07, 6.45) is 8.00. The van der Waals surface area contributed by atoms with Crippen LogP contribution in [0, 0.1) is 5.41 Å². The predicted octanol–water partition coefficient (Wildman–Crippen LogP) is 4.19. The van der Waals surface area contributed by atoms with E-state index < -0.39 is 0 Å². The van der Waals surface area contributed by atoms with E-state index in [1.807, 2.05) is 13.2 Å². The average molecular weight is 313 g/mol. The van der Waals surface area contributed by atoms with Gasteiger partial charge in [-0.25, -0.2) is 0 Å². The van der Waals surface area contributed by atoms with Crippen molar-refractivity contribution in [2.45, 2.75) is 46.0 Å². The third-order valence-electron chi connectivity index (χ3n) is 3.71. The first-order valence-electron chi connectivity index (χ1n) is 6.91. The van der Waals surface area contributed by atoms with Crippen molar-refractivity contribution in [1.29, 1.82) is 0 Å². The Kier molecular flexibility index (Phi) is 6.87. The van der Waals surface area contributed by atoms with Gasteiger partial charge in [0.1, 0.15) is 0 Å². The van der Waals surface area contributed by atoms with Crippen LogP contribution in [-0.2, 0) is 6.42 Å². The molecule has 0 bridgehead atoms. The van der Waals surface area contributed by atoms with Gasteiger partial charge < -0.3 is 5.32 Å². The zero-order chi connectivity index (χ0) is 13.4. The molecule has 1 aromatic heterocycles. The van der Waals surface area contributed by atoms with Crippen LogP contribution in [0.1, 0.15) is 45.2 Å². The number of aromatic nitrogens is 1. The number of nitrogens with zero attached hydrogens (tertiary/aromatic N) is 1. The van der Waals surface area contributed by atoms with Crippen LogP contribution >= 0.6 is 15.9 Å². The second-order valence-electron chi connectivity index (χ2n) is 5.13. The Labute approximate surface area is 120 Å². The zero-order valence-corrected chi connectivity index (χ0v) is 13.4. The van der Waals surface area contributed by atoms with E-state index in [1.54, 1.807) is 0 Å². The highest BCUT2D eigenvalue weighted by Crippen LogP contribution is 2.32. The van der Waals surface area contributed by atoms with Gasteiger partial charge in [0.2, 0.25) is 0 Å². The van der Waals surface area contributed by atoms with E-state index in [-0.39, 0.29) is 0 Å². The van der Waals surface area contributed by atoms with E-state index in [0.29, 0.717) is 5.41 Å². The Hall–Kier alpha value is -0.410. The molecule has 18 heavy (non-hydrogen) atoms. The predicted molar refractivity (Wildman–Crippen MR) is 81.8 cm³/mol. The molecule has 1 aromatic rings. The lowest BCUT2D eigenvalue weighted by Crippen LogP contribution is -2.34. The average Bonchev–Trinajstić information content (AvgIpc) is 2.39. The SMILES string of the molecule is CCCCC(CC)(CNC)Cc1ccc(Br)cn1. The van der Waals surface area contributed by atoms with Crippen molar-refractivity contribution in [3.05, 3.63) is 28.5 Å². The van der Waals surface area contributed by atoms with Gasteiger partial charge in [-0.1, -0.05) is 26.7 Å². The fourth-order valence-corrected chi connectivity index (χ4v) is 2.72. The van der Waals surface area contributed by atoms with E-state index in [9.17, 15) is 0 Å². The first-order valence-corrected chi connectivity index (χ1v) is 7.70. The molecule has 0 saturated heterocycles. The third kappa shape index (κ3) is 4.69. The summed E-state index contributed by atoms with van der Waals surface area (Å²) in [6.45, 7) is 5.63. The maximum atomic E-state index is 4.53. The van der Waals surface area contributed by atoms with Crippen LogP contribution in [-0.4, -0.2) is 18.6 Å². The number of unbranched alkanes of at least 4 members (excludes halogenated alkanes) is 1. The van der Waals surface area contributed by atoms with Gasteiger partial charge in [-0.2, -0.15) is 0 Å². The van der Waals surface area contributed by atoms with Crippen molar-refractivity contribution in [1.82, 2.24) is 10.3 Å². The molecule has 0 fully saturated rings. The molecule has 0 aromatic carbocycles. The molecule has 1 unspecified atom stereocenters. The maximum absolute atomic E-state index is 4.53. The van der Waals surface area contributed by atoms with Crippen LogP contribution in [0.2, 0.25) is 0 Å². The Morgan fingerprint density at radius 1 is 1.33 bits per heavy atom. The van der Waals surface area contributed by atoms with Gasteiger partial charge in [0.25, 0.3) is 0 Å². The molecule has 0 aliphatic heterocycles. The summed E-state index contributed by atoms with van der Waals surface area (Å²) in [5.41, 5.74) is 1.55. The zero-order valence-electron chi connectivity index (χ0n) is 11.8. The molecule has 0 radical (unpaired) electrons. The van der Waals surface area contributed by atoms with Gasteiger partial charge in [0.05, 0.1) is 0 Å². The lowest BCUT2D eigenvalue weighted by molar-refractivity contribution is 0.232. The van der Waals surface area contributed by atoms with Gasteiger partial charge >= 0.3 is 0 Å². The molecule has 1 heterocycles. The monoisotopic (exact) mass is 312 g/mol. The molecule has 0 spiro atoms. The van der Waals surface area contributed by atoms with Crippen molar-refractivity contribution < 1.29 is 0 Å². The molecule has 102 valence electrons. The van der Waals surface area contributed by atoms with Crippen molar-refractivity contribution in [3.8, 4) is 0 Å². The number of halogens is 1. The molecule has 0 aliphatic rings. The smallest absolute Gasteiger partial charge is 0.0413 e. The molecule has 1 rings (SSSR count). The van der Waals surface area contributed by atoms with Crippen molar-refractivity contribution in [2.24, 2.45) is 5.41 Å². The molecule has 0 amide bonds. The van der Waals surface area contributed by atoms with E-state index >= 15 is 0 Å². The van der Waals surface area contributed by atoms with Crippen LogP contribution in [0.3, 0.4) is 0 Å². The molecular formula is C15H25BrN2. The minimum absolute atomic E-state index is 0.353. The van der Waals surface area contributed by atoms with Gasteiger partial charge in [-0.15, -0.1) is 0 Å². The van der Waals surface area contributed by atoms with Gasteiger partial charge in [0.15, 0.2) is 0 Å². The largest absolute Gasteiger partial charge is 0.319 e. The lowest BCUT2D eigenvalue weighted by atomic mass is 9.76. The number of hydrogen-bond acceptors (Lipinski definition) is 2. The highest BCUT2D eigenvalue weighted by molar-refractivity contribution is 9.10. The Morgan fingerprint density at radius 3 is 2.61 bits per heavy atom. The lowest BCUT2D eigenvalue weighted by Gasteiger charge is -2.32. The van der Waals surface area contributed by atoms with Crippen LogP contribution in [0.5, 0.6) is 0 Å². The summed E-state index contributed by atoms with van der Waals surface area (Å²) >= 11 is 3.44. The molecule has 0 aliphatic carbocycles. The van der Waals surface area contributed by atoms with Crippen molar-refractivity contribution in [2.75, 3.05) is 13.6 Å². The first-order chi connectivity index (χ1) is 8.65. The molecule has 2 nitrogen and oxygen atoms in total. The molecule has 1 atom stereocenters. The summed E-state index contributed by atoms with van der Waals surface area (Å²) < 4.78 is 1.05.